The Morgan fingerprint density at radius 2 is 2.29 bits per heavy atom. The van der Waals surface area contributed by atoms with Gasteiger partial charge < -0.3 is 15.0 Å². The van der Waals surface area contributed by atoms with Crippen LogP contribution in [0.25, 0.3) is 0 Å². The Labute approximate surface area is 166 Å². The summed E-state index contributed by atoms with van der Waals surface area (Å²) in [5.74, 6) is 1.00. The van der Waals surface area contributed by atoms with Crippen LogP contribution in [0.4, 0.5) is 0 Å². The van der Waals surface area contributed by atoms with Gasteiger partial charge in [0.25, 0.3) is 0 Å². The van der Waals surface area contributed by atoms with Crippen molar-refractivity contribution < 1.29 is 4.74 Å². The first-order chi connectivity index (χ1) is 11.2. The summed E-state index contributed by atoms with van der Waals surface area (Å²) >= 11 is 1.79. The molecule has 136 valence electrons. The lowest BCUT2D eigenvalue weighted by Gasteiger charge is -2.45. The lowest BCUT2D eigenvalue weighted by molar-refractivity contribution is -0.0370. The van der Waals surface area contributed by atoms with Crippen molar-refractivity contribution in [2.45, 2.75) is 45.6 Å². The molecule has 24 heavy (non-hydrogen) atoms. The molecule has 0 bridgehead atoms. The van der Waals surface area contributed by atoms with Crippen LogP contribution in [0, 0.1) is 5.41 Å². The van der Waals surface area contributed by atoms with Crippen LogP contribution in [0.3, 0.4) is 0 Å². The van der Waals surface area contributed by atoms with Crippen molar-refractivity contribution in [3.8, 4) is 0 Å². The molecule has 0 saturated carbocycles. The summed E-state index contributed by atoms with van der Waals surface area (Å²) in [6.07, 6.45) is 8.03. The van der Waals surface area contributed by atoms with E-state index in [0.29, 0.717) is 5.41 Å². The van der Waals surface area contributed by atoms with E-state index < -0.39 is 0 Å². The zero-order chi connectivity index (χ0) is 16.1. The Kier molecular flexibility index (Phi) is 7.74. The highest BCUT2D eigenvalue weighted by atomic mass is 127. The summed E-state index contributed by atoms with van der Waals surface area (Å²) in [7, 11) is 1.88. The monoisotopic (exact) mass is 464 g/mol. The van der Waals surface area contributed by atoms with E-state index in [-0.39, 0.29) is 24.0 Å². The molecule has 1 aromatic rings. The number of ether oxygens (including phenoxy) is 1. The highest BCUT2D eigenvalue weighted by Gasteiger charge is 2.38. The van der Waals surface area contributed by atoms with Crippen molar-refractivity contribution >= 4 is 41.3 Å². The molecule has 2 aliphatic heterocycles. The van der Waals surface area contributed by atoms with Crippen molar-refractivity contribution in [3.05, 3.63) is 16.1 Å². The number of halogens is 1. The van der Waals surface area contributed by atoms with Gasteiger partial charge in [-0.15, -0.1) is 35.3 Å². The van der Waals surface area contributed by atoms with Crippen LogP contribution in [0.15, 0.2) is 11.2 Å². The quantitative estimate of drug-likeness (QED) is 0.424. The Hall–Kier alpha value is -0.410. The van der Waals surface area contributed by atoms with Crippen LogP contribution in [0.5, 0.6) is 0 Å². The number of aryl methyl sites for hydroxylation is 1. The minimum absolute atomic E-state index is 0. The number of hydrogen-bond donors (Lipinski definition) is 1. The highest BCUT2D eigenvalue weighted by Crippen LogP contribution is 2.37. The van der Waals surface area contributed by atoms with Gasteiger partial charge in [-0.3, -0.25) is 4.99 Å². The lowest BCUT2D eigenvalue weighted by Crippen LogP contribution is -2.52. The zero-order valence-electron chi connectivity index (χ0n) is 14.7. The van der Waals surface area contributed by atoms with Gasteiger partial charge in [-0.2, -0.15) is 0 Å². The molecule has 1 spiro atoms. The van der Waals surface area contributed by atoms with E-state index in [0.717, 1.165) is 50.2 Å². The van der Waals surface area contributed by atoms with Crippen LogP contribution in [-0.4, -0.2) is 49.2 Å². The number of aliphatic imine (C=N–C) groups is 1. The molecule has 0 radical (unpaired) electrons. The number of piperidine rings is 1. The number of guanidine groups is 1. The smallest absolute Gasteiger partial charge is 0.194 e. The van der Waals surface area contributed by atoms with Crippen molar-refractivity contribution in [2.24, 2.45) is 10.4 Å². The number of rotatable bonds is 3. The number of nitrogens with one attached hydrogen (secondary N) is 1. The van der Waals surface area contributed by atoms with E-state index in [1.165, 1.54) is 30.6 Å². The molecule has 1 N–H and O–H groups in total. The molecule has 0 aliphatic carbocycles. The molecule has 3 rings (SSSR count). The fourth-order valence-corrected chi connectivity index (χ4v) is 4.50. The minimum atomic E-state index is 0. The minimum Gasteiger partial charge on any atom is -0.381 e. The molecule has 2 fully saturated rings. The normalized spacial score (nSPS) is 24.8. The van der Waals surface area contributed by atoms with Gasteiger partial charge in [-0.1, -0.05) is 6.92 Å². The average molecular weight is 464 g/mol. The summed E-state index contributed by atoms with van der Waals surface area (Å²) < 4.78 is 5.77. The summed E-state index contributed by atoms with van der Waals surface area (Å²) in [5, 5.41) is 4.63. The molecule has 2 aliphatic rings. The number of likely N-dealkylation sites (tertiary alicyclic amines) is 1. The van der Waals surface area contributed by atoms with Crippen molar-refractivity contribution in [3.63, 3.8) is 0 Å². The van der Waals surface area contributed by atoms with Crippen LogP contribution in [0.1, 0.15) is 42.5 Å². The summed E-state index contributed by atoms with van der Waals surface area (Å²) in [5.41, 5.74) is 0.338. The van der Waals surface area contributed by atoms with E-state index >= 15 is 0 Å². The first-order valence-corrected chi connectivity index (χ1v) is 9.53. The van der Waals surface area contributed by atoms with Gasteiger partial charge in [0.05, 0.1) is 13.2 Å². The number of thiazole rings is 1. The molecule has 2 saturated heterocycles. The van der Waals surface area contributed by atoms with Crippen molar-refractivity contribution in [1.82, 2.24) is 15.2 Å². The maximum absolute atomic E-state index is 5.77. The van der Waals surface area contributed by atoms with E-state index in [2.05, 4.69) is 27.1 Å². The molecule has 1 atom stereocenters. The van der Waals surface area contributed by atoms with Crippen molar-refractivity contribution in [1.29, 1.82) is 0 Å². The molecule has 0 amide bonds. The molecule has 5 nitrogen and oxygen atoms in total. The Balaban J connectivity index is 0.00000208. The van der Waals surface area contributed by atoms with Crippen LogP contribution in [0.2, 0.25) is 0 Å². The third kappa shape index (κ3) is 4.82. The van der Waals surface area contributed by atoms with Gasteiger partial charge in [-0.05, 0) is 32.1 Å². The van der Waals surface area contributed by atoms with Gasteiger partial charge >= 0.3 is 0 Å². The molecular weight excluding hydrogens is 435 g/mol. The molecule has 1 unspecified atom stereocenters. The second-order valence-corrected chi connectivity index (χ2v) is 7.86. The molecule has 3 heterocycles. The fourth-order valence-electron chi connectivity index (χ4n) is 3.70. The number of nitrogens with zero attached hydrogens (tertiary/aromatic N) is 3. The van der Waals surface area contributed by atoms with Crippen LogP contribution < -0.4 is 5.32 Å². The lowest BCUT2D eigenvalue weighted by atomic mass is 9.76. The maximum atomic E-state index is 5.77. The third-order valence-electron chi connectivity index (χ3n) is 4.92. The van der Waals surface area contributed by atoms with Gasteiger partial charge in [-0.25, -0.2) is 4.98 Å². The van der Waals surface area contributed by atoms with E-state index in [1.807, 2.05) is 13.2 Å². The topological polar surface area (TPSA) is 49.8 Å². The summed E-state index contributed by atoms with van der Waals surface area (Å²) in [6.45, 7) is 6.91. The molecule has 0 aromatic carbocycles. The Morgan fingerprint density at radius 1 is 1.46 bits per heavy atom. The summed E-state index contributed by atoms with van der Waals surface area (Å²) in [4.78, 5) is 12.7. The second kappa shape index (κ2) is 9.33. The zero-order valence-corrected chi connectivity index (χ0v) is 17.9. The molecule has 7 heteroatoms. The van der Waals surface area contributed by atoms with Crippen LogP contribution in [-0.2, 0) is 17.7 Å². The van der Waals surface area contributed by atoms with Gasteiger partial charge in [0.15, 0.2) is 5.96 Å². The van der Waals surface area contributed by atoms with Crippen molar-refractivity contribution in [2.75, 3.05) is 33.4 Å². The highest BCUT2D eigenvalue weighted by molar-refractivity contribution is 14.0. The summed E-state index contributed by atoms with van der Waals surface area (Å²) in [6, 6.07) is 0. The number of hydrogen-bond acceptors (Lipinski definition) is 4. The van der Waals surface area contributed by atoms with Gasteiger partial charge in [0.1, 0.15) is 5.01 Å². The maximum Gasteiger partial charge on any atom is 0.194 e. The van der Waals surface area contributed by atoms with Crippen LogP contribution >= 0.6 is 35.3 Å². The predicted octanol–water partition coefficient (Wildman–Crippen LogP) is 3.29. The first-order valence-electron chi connectivity index (χ1n) is 8.71. The van der Waals surface area contributed by atoms with E-state index in [1.54, 1.807) is 11.3 Å². The Morgan fingerprint density at radius 3 is 2.96 bits per heavy atom. The van der Waals surface area contributed by atoms with E-state index in [4.69, 9.17) is 4.74 Å². The third-order valence-corrected chi connectivity index (χ3v) is 6.07. The SMILES string of the molecule is CCc1cnc(CNC(=NC)N2CCCC3(CCCOC3)C2)s1.I. The molecule has 1 aromatic heterocycles. The Bertz CT molecular complexity index is 537. The van der Waals surface area contributed by atoms with Gasteiger partial charge in [0, 0.05) is 43.2 Å². The first kappa shape index (κ1) is 19.9. The largest absolute Gasteiger partial charge is 0.381 e. The predicted molar refractivity (Wildman–Crippen MR) is 110 cm³/mol. The second-order valence-electron chi connectivity index (χ2n) is 6.66. The number of aromatic nitrogens is 1. The molecular formula is C17H29IN4OS. The van der Waals surface area contributed by atoms with Gasteiger partial charge in [0.2, 0.25) is 0 Å². The standard InChI is InChI=1S/C17H28N4OS.HI/c1-3-14-10-19-15(23-14)11-20-16(18-2)21-8-4-6-17(12-21)7-5-9-22-13-17;/h10H,3-9,11-13H2,1-2H3,(H,18,20);1H. The fraction of sp³-hybridized carbons (Fsp3) is 0.765. The average Bonchev–Trinajstić information content (AvgIpc) is 3.04. The van der Waals surface area contributed by atoms with E-state index in [9.17, 15) is 0 Å².